The molecule has 2 aromatic rings. The molecule has 0 aliphatic heterocycles. The number of amides is 1. The van der Waals surface area contributed by atoms with Crippen molar-refractivity contribution < 1.29 is 9.21 Å². The van der Waals surface area contributed by atoms with Gasteiger partial charge in [-0.1, -0.05) is 24.6 Å². The predicted octanol–water partition coefficient (Wildman–Crippen LogP) is 4.19. The lowest BCUT2D eigenvalue weighted by atomic mass is 9.65. The molecule has 2 fully saturated rings. The van der Waals surface area contributed by atoms with Gasteiger partial charge < -0.3 is 15.5 Å². The van der Waals surface area contributed by atoms with Crippen LogP contribution in [0.2, 0.25) is 0 Å². The van der Waals surface area contributed by atoms with Gasteiger partial charge >= 0.3 is 0 Å². The van der Waals surface area contributed by atoms with Crippen molar-refractivity contribution in [2.45, 2.75) is 51.1 Å². The lowest BCUT2D eigenvalue weighted by molar-refractivity contribution is -0.128. The van der Waals surface area contributed by atoms with E-state index in [4.69, 9.17) is 10.2 Å². The molecule has 3 unspecified atom stereocenters. The van der Waals surface area contributed by atoms with Crippen LogP contribution in [0.15, 0.2) is 34.7 Å². The highest BCUT2D eigenvalue weighted by Gasteiger charge is 2.40. The Morgan fingerprint density at radius 2 is 1.92 bits per heavy atom. The van der Waals surface area contributed by atoms with Gasteiger partial charge in [-0.3, -0.25) is 4.79 Å². The molecule has 3 N–H and O–H groups in total. The zero-order chi connectivity index (χ0) is 16.7. The second-order valence-corrected chi connectivity index (χ2v) is 7.61. The number of nitrogens with two attached hydrogens (primary N) is 1. The average Bonchev–Trinajstić information content (AvgIpc) is 2.98. The van der Waals surface area contributed by atoms with Crippen LogP contribution in [0.3, 0.4) is 0 Å². The van der Waals surface area contributed by atoms with Crippen molar-refractivity contribution in [3.05, 3.63) is 36.1 Å². The molecule has 1 aromatic carbocycles. The first-order valence-electron chi connectivity index (χ1n) is 9.16. The van der Waals surface area contributed by atoms with Crippen LogP contribution in [0.4, 0.5) is 0 Å². The van der Waals surface area contributed by atoms with E-state index in [1.54, 1.807) is 0 Å². The molecule has 1 heterocycles. The highest BCUT2D eigenvalue weighted by atomic mass is 35.5. The highest BCUT2D eigenvalue weighted by molar-refractivity contribution is 5.85. The van der Waals surface area contributed by atoms with Crippen molar-refractivity contribution in [1.82, 2.24) is 5.32 Å². The van der Waals surface area contributed by atoms with Gasteiger partial charge in [-0.05, 0) is 56.6 Å². The third kappa shape index (κ3) is 3.56. The Morgan fingerprint density at radius 3 is 2.60 bits per heavy atom. The van der Waals surface area contributed by atoms with Crippen LogP contribution in [0, 0.1) is 17.8 Å². The van der Waals surface area contributed by atoms with E-state index in [0.717, 1.165) is 29.6 Å². The second kappa shape index (κ2) is 7.38. The Kier molecular flexibility index (Phi) is 5.40. The smallest absolute Gasteiger partial charge is 0.223 e. The monoisotopic (exact) mass is 362 g/mol. The molecule has 1 aromatic heterocycles. The SMILES string of the molecule is CC(NC(=O)C1CC2CCCC(C1)C2N)c1cc2ccccc2o1.Cl. The van der Waals surface area contributed by atoms with Crippen LogP contribution in [0.25, 0.3) is 11.0 Å². The summed E-state index contributed by atoms with van der Waals surface area (Å²) < 4.78 is 5.87. The first kappa shape index (κ1) is 18.3. The van der Waals surface area contributed by atoms with Crippen LogP contribution < -0.4 is 11.1 Å². The fourth-order valence-corrected chi connectivity index (χ4v) is 4.62. The minimum Gasteiger partial charge on any atom is -0.459 e. The number of furan rings is 1. The molecule has 4 nitrogen and oxygen atoms in total. The maximum absolute atomic E-state index is 12.7. The number of hydrogen-bond donors (Lipinski definition) is 2. The van der Waals surface area contributed by atoms with Gasteiger partial charge in [0, 0.05) is 17.3 Å². The van der Waals surface area contributed by atoms with Gasteiger partial charge in [0.1, 0.15) is 11.3 Å². The molecule has 2 bridgehead atoms. The van der Waals surface area contributed by atoms with Crippen LogP contribution in [-0.4, -0.2) is 11.9 Å². The van der Waals surface area contributed by atoms with Crippen molar-refractivity contribution in [1.29, 1.82) is 0 Å². The van der Waals surface area contributed by atoms with E-state index in [1.165, 1.54) is 19.3 Å². The molecule has 4 rings (SSSR count). The largest absolute Gasteiger partial charge is 0.459 e. The van der Waals surface area contributed by atoms with Crippen LogP contribution in [0.1, 0.15) is 50.8 Å². The summed E-state index contributed by atoms with van der Waals surface area (Å²) in [6.45, 7) is 1.99. The van der Waals surface area contributed by atoms with Gasteiger partial charge in [0.15, 0.2) is 0 Å². The van der Waals surface area contributed by atoms with Crippen LogP contribution in [-0.2, 0) is 4.79 Å². The zero-order valence-corrected chi connectivity index (χ0v) is 15.4. The highest BCUT2D eigenvalue weighted by Crippen LogP contribution is 2.42. The molecule has 25 heavy (non-hydrogen) atoms. The van der Waals surface area contributed by atoms with Gasteiger partial charge in [-0.2, -0.15) is 0 Å². The Bertz CT molecular complexity index is 697. The summed E-state index contributed by atoms with van der Waals surface area (Å²) >= 11 is 0. The van der Waals surface area contributed by atoms with Gasteiger partial charge in [0.2, 0.25) is 5.91 Å². The number of halogens is 1. The fraction of sp³-hybridized carbons (Fsp3) is 0.550. The van der Waals surface area contributed by atoms with Crippen molar-refractivity contribution in [3.8, 4) is 0 Å². The molecular weight excluding hydrogens is 336 g/mol. The number of carbonyl (C=O) groups is 1. The summed E-state index contributed by atoms with van der Waals surface area (Å²) in [6, 6.07) is 10.2. The average molecular weight is 363 g/mol. The third-order valence-electron chi connectivity index (χ3n) is 6.01. The molecule has 2 saturated carbocycles. The quantitative estimate of drug-likeness (QED) is 0.860. The Morgan fingerprint density at radius 1 is 1.24 bits per heavy atom. The summed E-state index contributed by atoms with van der Waals surface area (Å²) in [4.78, 5) is 12.7. The summed E-state index contributed by atoms with van der Waals surface area (Å²) in [5, 5.41) is 4.23. The normalized spacial score (nSPS) is 29.7. The van der Waals surface area contributed by atoms with Gasteiger partial charge in [0.05, 0.1) is 6.04 Å². The lowest BCUT2D eigenvalue weighted by Crippen LogP contribution is -2.49. The molecule has 0 radical (unpaired) electrons. The molecule has 2 aliphatic rings. The molecule has 0 spiro atoms. The fourth-order valence-electron chi connectivity index (χ4n) is 4.62. The standard InChI is InChI=1S/C20H26N2O2.ClH/c1-12(18-11-13-5-2-3-8-17(13)24-18)22-20(23)16-9-14-6-4-7-15(10-16)19(14)21;/h2-3,5,8,11-12,14-16,19H,4,6-7,9-10,21H2,1H3,(H,22,23);1H. The van der Waals surface area contributed by atoms with E-state index in [1.807, 2.05) is 37.3 Å². The van der Waals surface area contributed by atoms with E-state index >= 15 is 0 Å². The summed E-state index contributed by atoms with van der Waals surface area (Å²) in [6.07, 6.45) is 5.51. The summed E-state index contributed by atoms with van der Waals surface area (Å²) in [5.41, 5.74) is 7.20. The molecule has 2 aliphatic carbocycles. The third-order valence-corrected chi connectivity index (χ3v) is 6.01. The number of nitrogens with one attached hydrogen (secondary N) is 1. The Labute approximate surface area is 154 Å². The lowest BCUT2D eigenvalue weighted by Gasteiger charge is -2.43. The Balaban J connectivity index is 0.00000182. The van der Waals surface area contributed by atoms with Gasteiger partial charge in [-0.15, -0.1) is 12.4 Å². The number of hydrogen-bond acceptors (Lipinski definition) is 3. The number of carbonyl (C=O) groups excluding carboxylic acids is 1. The van der Waals surface area contributed by atoms with Crippen molar-refractivity contribution >= 4 is 29.3 Å². The van der Waals surface area contributed by atoms with E-state index in [-0.39, 0.29) is 30.3 Å². The van der Waals surface area contributed by atoms with Crippen LogP contribution in [0.5, 0.6) is 0 Å². The first-order valence-corrected chi connectivity index (χ1v) is 9.16. The zero-order valence-electron chi connectivity index (χ0n) is 14.6. The number of para-hydroxylation sites is 1. The summed E-state index contributed by atoms with van der Waals surface area (Å²) in [5.74, 6) is 2.13. The molecule has 3 atom stereocenters. The van der Waals surface area contributed by atoms with Crippen molar-refractivity contribution in [2.24, 2.45) is 23.5 Å². The van der Waals surface area contributed by atoms with Gasteiger partial charge in [0.25, 0.3) is 0 Å². The van der Waals surface area contributed by atoms with Crippen molar-refractivity contribution in [2.75, 3.05) is 0 Å². The predicted molar refractivity (Wildman–Crippen MR) is 102 cm³/mol. The maximum Gasteiger partial charge on any atom is 0.223 e. The maximum atomic E-state index is 12.7. The topological polar surface area (TPSA) is 68.3 Å². The van der Waals surface area contributed by atoms with E-state index in [2.05, 4.69) is 5.32 Å². The van der Waals surface area contributed by atoms with Crippen LogP contribution >= 0.6 is 12.4 Å². The van der Waals surface area contributed by atoms with E-state index < -0.39 is 0 Å². The molecule has 0 saturated heterocycles. The molecular formula is C20H27ClN2O2. The second-order valence-electron chi connectivity index (χ2n) is 7.61. The van der Waals surface area contributed by atoms with Crippen molar-refractivity contribution in [3.63, 3.8) is 0 Å². The van der Waals surface area contributed by atoms with Gasteiger partial charge in [-0.25, -0.2) is 0 Å². The number of rotatable bonds is 3. The Hall–Kier alpha value is -1.52. The number of benzene rings is 1. The minimum absolute atomic E-state index is 0. The summed E-state index contributed by atoms with van der Waals surface area (Å²) in [7, 11) is 0. The van der Waals surface area contributed by atoms with E-state index in [0.29, 0.717) is 17.9 Å². The molecule has 5 heteroatoms. The first-order chi connectivity index (χ1) is 11.6. The molecule has 1 amide bonds. The van der Waals surface area contributed by atoms with E-state index in [9.17, 15) is 4.79 Å². The number of fused-ring (bicyclic) bond motifs is 3. The molecule has 136 valence electrons. The minimum atomic E-state index is -0.111.